The summed E-state index contributed by atoms with van der Waals surface area (Å²) in [5, 5.41) is 3.62. The van der Waals surface area contributed by atoms with E-state index in [1.54, 1.807) is 0 Å². The molecule has 0 saturated carbocycles. The van der Waals surface area contributed by atoms with Gasteiger partial charge in [-0.2, -0.15) is 0 Å². The van der Waals surface area contributed by atoms with Gasteiger partial charge in [-0.15, -0.1) is 0 Å². The third-order valence-corrected chi connectivity index (χ3v) is 6.90. The summed E-state index contributed by atoms with van der Waals surface area (Å²) in [6, 6.07) is 9.80. The Morgan fingerprint density at radius 3 is 3.04 bits per heavy atom. The Bertz CT molecular complexity index is 756. The molecule has 126 valence electrons. The Kier molecular flexibility index (Phi) is 2.94. The second-order valence-corrected chi connectivity index (χ2v) is 7.68. The number of benzene rings is 1. The van der Waals surface area contributed by atoms with E-state index < -0.39 is 0 Å². The minimum absolute atomic E-state index is 0.0348. The predicted octanol–water partition coefficient (Wildman–Crippen LogP) is 3.05. The Morgan fingerprint density at radius 1 is 1.42 bits per heavy atom. The van der Waals surface area contributed by atoms with Gasteiger partial charge in [0.05, 0.1) is 18.1 Å². The van der Waals surface area contributed by atoms with E-state index >= 15 is 0 Å². The third-order valence-electron chi connectivity index (χ3n) is 6.90. The predicted molar refractivity (Wildman–Crippen MR) is 92.7 cm³/mol. The van der Waals surface area contributed by atoms with E-state index in [4.69, 9.17) is 4.74 Å². The zero-order chi connectivity index (χ0) is 16.5. The van der Waals surface area contributed by atoms with Gasteiger partial charge in [-0.3, -0.25) is 4.90 Å². The number of rotatable bonds is 2. The van der Waals surface area contributed by atoms with E-state index in [1.807, 2.05) is 0 Å². The van der Waals surface area contributed by atoms with Gasteiger partial charge < -0.3 is 10.1 Å². The number of carbonyl (C=O) groups is 1. The average Bonchev–Trinajstić information content (AvgIpc) is 3.27. The van der Waals surface area contributed by atoms with E-state index in [0.717, 1.165) is 30.7 Å². The first kappa shape index (κ1) is 14.5. The number of hydrogen-bond acceptors (Lipinski definition) is 4. The van der Waals surface area contributed by atoms with Crippen molar-refractivity contribution in [2.24, 2.45) is 5.92 Å². The van der Waals surface area contributed by atoms with Crippen LogP contribution in [0.2, 0.25) is 0 Å². The molecule has 5 rings (SSSR count). The molecule has 3 aliphatic heterocycles. The van der Waals surface area contributed by atoms with Gasteiger partial charge in [0.15, 0.2) is 0 Å². The Labute approximate surface area is 142 Å². The molecule has 1 N–H and O–H groups in total. The highest BCUT2D eigenvalue weighted by atomic mass is 16.5. The van der Waals surface area contributed by atoms with Crippen LogP contribution < -0.4 is 5.32 Å². The fourth-order valence-corrected chi connectivity index (χ4v) is 6.11. The minimum Gasteiger partial charge on any atom is -0.466 e. The summed E-state index contributed by atoms with van der Waals surface area (Å²) in [6.45, 7) is 3.43. The Hall–Kier alpha value is -1.81. The fourth-order valence-electron chi connectivity index (χ4n) is 6.11. The summed E-state index contributed by atoms with van der Waals surface area (Å²) in [5.74, 6) is 0.407. The highest BCUT2D eigenvalue weighted by Crippen LogP contribution is 2.62. The molecule has 0 amide bonds. The zero-order valence-electron chi connectivity index (χ0n) is 14.3. The summed E-state index contributed by atoms with van der Waals surface area (Å²) in [4.78, 5) is 15.3. The van der Waals surface area contributed by atoms with Gasteiger partial charge in [-0.05, 0) is 43.2 Å². The van der Waals surface area contributed by atoms with Crippen LogP contribution in [0.15, 0.2) is 35.5 Å². The zero-order valence-corrected chi connectivity index (χ0v) is 14.3. The highest BCUT2D eigenvalue weighted by Gasteiger charge is 2.64. The van der Waals surface area contributed by atoms with Crippen molar-refractivity contribution < 1.29 is 9.53 Å². The van der Waals surface area contributed by atoms with Crippen LogP contribution in [0.3, 0.4) is 0 Å². The van der Waals surface area contributed by atoms with E-state index in [9.17, 15) is 4.79 Å². The number of ether oxygens (including phenoxy) is 1. The van der Waals surface area contributed by atoms with Crippen LogP contribution >= 0.6 is 0 Å². The number of hydrogen-bond donors (Lipinski definition) is 1. The lowest BCUT2D eigenvalue weighted by atomic mass is 9.63. The molecular formula is C20H24N2O2. The molecule has 2 saturated heterocycles. The standard InChI is InChI=1S/C20H24N2O2/c1-3-13-10-12-11-14(19(23)24-2)17-20(8-9-22(13)18(12)20)15-6-4-5-7-16(15)21-17/h4-7,12-13,18,21H,3,8-11H2,1-2H3/t12-,13-,18-,20+/m1/s1. The maximum atomic E-state index is 12.5. The molecule has 4 atom stereocenters. The van der Waals surface area contributed by atoms with Crippen LogP contribution in [0.25, 0.3) is 0 Å². The summed E-state index contributed by atoms with van der Waals surface area (Å²) >= 11 is 0. The van der Waals surface area contributed by atoms with Crippen molar-refractivity contribution >= 4 is 11.7 Å². The Morgan fingerprint density at radius 2 is 2.25 bits per heavy atom. The molecular weight excluding hydrogens is 300 g/mol. The number of esters is 1. The van der Waals surface area contributed by atoms with E-state index in [-0.39, 0.29) is 11.4 Å². The highest BCUT2D eigenvalue weighted by molar-refractivity contribution is 5.93. The minimum atomic E-state index is -0.151. The molecule has 4 aliphatic rings. The smallest absolute Gasteiger partial charge is 0.335 e. The van der Waals surface area contributed by atoms with E-state index in [0.29, 0.717) is 18.0 Å². The van der Waals surface area contributed by atoms with Crippen molar-refractivity contribution in [3.05, 3.63) is 41.1 Å². The molecule has 0 bridgehead atoms. The number of nitrogens with one attached hydrogen (secondary N) is 1. The molecule has 0 aromatic heterocycles. The number of anilines is 1. The molecule has 1 aliphatic carbocycles. The average molecular weight is 324 g/mol. The van der Waals surface area contributed by atoms with E-state index in [1.165, 1.54) is 31.2 Å². The third kappa shape index (κ3) is 1.55. The van der Waals surface area contributed by atoms with E-state index in [2.05, 4.69) is 41.4 Å². The molecule has 1 aromatic carbocycles. The van der Waals surface area contributed by atoms with Crippen LogP contribution in [0, 0.1) is 5.92 Å². The lowest BCUT2D eigenvalue weighted by Gasteiger charge is -2.41. The molecule has 1 aromatic rings. The first-order valence-electron chi connectivity index (χ1n) is 9.15. The van der Waals surface area contributed by atoms with Gasteiger partial charge in [-0.25, -0.2) is 4.79 Å². The van der Waals surface area contributed by atoms with Crippen molar-refractivity contribution in [1.29, 1.82) is 0 Å². The lowest BCUT2D eigenvalue weighted by molar-refractivity contribution is -0.136. The molecule has 0 unspecified atom stereocenters. The second-order valence-electron chi connectivity index (χ2n) is 7.68. The molecule has 24 heavy (non-hydrogen) atoms. The molecule has 4 heteroatoms. The topological polar surface area (TPSA) is 41.6 Å². The molecule has 2 fully saturated rings. The van der Waals surface area contributed by atoms with Crippen LogP contribution in [0.5, 0.6) is 0 Å². The van der Waals surface area contributed by atoms with Gasteiger partial charge in [0.1, 0.15) is 0 Å². The van der Waals surface area contributed by atoms with Gasteiger partial charge in [0, 0.05) is 30.0 Å². The molecule has 1 spiro atoms. The van der Waals surface area contributed by atoms with Gasteiger partial charge in [0.2, 0.25) is 0 Å². The summed E-state index contributed by atoms with van der Waals surface area (Å²) in [7, 11) is 1.50. The Balaban J connectivity index is 1.75. The number of para-hydroxylation sites is 1. The normalized spacial score (nSPS) is 36.2. The van der Waals surface area contributed by atoms with Crippen LogP contribution in [-0.4, -0.2) is 36.6 Å². The lowest BCUT2D eigenvalue weighted by Crippen LogP contribution is -2.48. The number of methoxy groups -OCH3 is 1. The molecule has 3 heterocycles. The fraction of sp³-hybridized carbons (Fsp3) is 0.550. The summed E-state index contributed by atoms with van der Waals surface area (Å²) < 4.78 is 5.15. The van der Waals surface area contributed by atoms with Crippen molar-refractivity contribution in [2.45, 2.75) is 50.1 Å². The van der Waals surface area contributed by atoms with Gasteiger partial charge >= 0.3 is 5.97 Å². The quantitative estimate of drug-likeness (QED) is 0.849. The van der Waals surface area contributed by atoms with Crippen LogP contribution in [0.4, 0.5) is 5.69 Å². The first-order chi connectivity index (χ1) is 11.7. The van der Waals surface area contributed by atoms with Gasteiger partial charge in [-0.1, -0.05) is 25.1 Å². The SMILES string of the molecule is CC[C@@H]1C[C@@H]2CC(C(=O)OC)=C3Nc4ccccc4[C@@]34CCN1[C@H]24. The number of fused-ring (bicyclic) bond motifs is 1. The maximum absolute atomic E-state index is 12.5. The summed E-state index contributed by atoms with van der Waals surface area (Å²) in [6.07, 6.45) is 4.35. The van der Waals surface area contributed by atoms with Crippen molar-refractivity contribution in [1.82, 2.24) is 4.90 Å². The second kappa shape index (κ2) is 4.85. The monoisotopic (exact) mass is 324 g/mol. The largest absolute Gasteiger partial charge is 0.466 e. The molecule has 4 nitrogen and oxygen atoms in total. The van der Waals surface area contributed by atoms with Gasteiger partial charge in [0.25, 0.3) is 0 Å². The maximum Gasteiger partial charge on any atom is 0.335 e. The number of carbonyl (C=O) groups excluding carboxylic acids is 1. The number of nitrogens with zero attached hydrogens (tertiary/aromatic N) is 1. The summed E-state index contributed by atoms with van der Waals surface area (Å²) in [5.41, 5.74) is 4.55. The van der Waals surface area contributed by atoms with Crippen LogP contribution in [-0.2, 0) is 14.9 Å². The van der Waals surface area contributed by atoms with Crippen molar-refractivity contribution in [3.63, 3.8) is 0 Å². The van der Waals surface area contributed by atoms with Crippen molar-refractivity contribution in [3.8, 4) is 0 Å². The van der Waals surface area contributed by atoms with Crippen molar-refractivity contribution in [2.75, 3.05) is 19.0 Å². The first-order valence-corrected chi connectivity index (χ1v) is 9.15. The molecule has 0 radical (unpaired) electrons. The van der Waals surface area contributed by atoms with Crippen LogP contribution in [0.1, 0.15) is 38.2 Å².